The molecule has 9 heteroatoms. The molecule has 2 aromatic rings. The lowest BCUT2D eigenvalue weighted by Crippen LogP contribution is -2.49. The van der Waals surface area contributed by atoms with E-state index in [2.05, 4.69) is 25.5 Å². The smallest absolute Gasteiger partial charge is 0.251 e. The van der Waals surface area contributed by atoms with Gasteiger partial charge >= 0.3 is 0 Å². The van der Waals surface area contributed by atoms with Gasteiger partial charge in [-0.05, 0) is 37.3 Å². The topological polar surface area (TPSA) is 114 Å². The summed E-state index contributed by atoms with van der Waals surface area (Å²) in [6.45, 7) is 4.88. The second kappa shape index (κ2) is 9.50. The molecule has 1 fully saturated rings. The molecular formula is C20H23N7O2. The van der Waals surface area contributed by atoms with Crippen LogP contribution in [0.5, 0.6) is 0 Å². The maximum atomic E-state index is 11.8. The fraction of sp³-hybridized carbons (Fsp3) is 0.350. The summed E-state index contributed by atoms with van der Waals surface area (Å²) in [5.74, 6) is 0.989. The first-order chi connectivity index (χ1) is 14.1. The van der Waals surface area contributed by atoms with E-state index >= 15 is 0 Å². The number of piperazine rings is 1. The van der Waals surface area contributed by atoms with Crippen LogP contribution in [0.1, 0.15) is 23.7 Å². The Balaban J connectivity index is 1.61. The number of carbonyl (C=O) groups is 2. The Morgan fingerprint density at radius 1 is 1.14 bits per heavy atom. The zero-order valence-corrected chi connectivity index (χ0v) is 16.3. The van der Waals surface area contributed by atoms with Crippen LogP contribution in [0.3, 0.4) is 0 Å². The first-order valence-corrected chi connectivity index (χ1v) is 9.48. The second-order valence-corrected chi connectivity index (χ2v) is 6.50. The number of carbonyl (C=O) groups excluding carboxylic acids is 2. The lowest BCUT2D eigenvalue weighted by Gasteiger charge is -2.35. The molecular weight excluding hydrogens is 370 g/mol. The average Bonchev–Trinajstić information content (AvgIpc) is 2.75. The predicted molar refractivity (Wildman–Crippen MR) is 109 cm³/mol. The van der Waals surface area contributed by atoms with E-state index in [1.165, 1.54) is 0 Å². The number of benzene rings is 1. The second-order valence-electron chi connectivity index (χ2n) is 6.50. The van der Waals surface area contributed by atoms with E-state index in [9.17, 15) is 9.59 Å². The molecule has 0 atom stereocenters. The van der Waals surface area contributed by atoms with Crippen LogP contribution in [0.25, 0.3) is 0 Å². The quantitative estimate of drug-likeness (QED) is 0.765. The molecule has 1 aliphatic rings. The van der Waals surface area contributed by atoms with Crippen LogP contribution in [0, 0.1) is 11.3 Å². The molecule has 3 rings (SSSR count). The van der Waals surface area contributed by atoms with Crippen molar-refractivity contribution in [3.05, 3.63) is 42.1 Å². The van der Waals surface area contributed by atoms with Crippen molar-refractivity contribution in [3.63, 3.8) is 0 Å². The highest BCUT2D eigenvalue weighted by molar-refractivity contribution is 5.94. The van der Waals surface area contributed by atoms with Gasteiger partial charge in [0.2, 0.25) is 11.9 Å². The van der Waals surface area contributed by atoms with Gasteiger partial charge in [-0.15, -0.1) is 0 Å². The summed E-state index contributed by atoms with van der Waals surface area (Å²) in [4.78, 5) is 36.3. The fourth-order valence-electron chi connectivity index (χ4n) is 3.05. The Kier molecular flexibility index (Phi) is 6.58. The van der Waals surface area contributed by atoms with Gasteiger partial charge in [0.1, 0.15) is 12.2 Å². The van der Waals surface area contributed by atoms with Gasteiger partial charge in [0.25, 0.3) is 5.91 Å². The van der Waals surface area contributed by atoms with E-state index in [0.717, 1.165) is 11.5 Å². The van der Waals surface area contributed by atoms with Crippen LogP contribution in [0.4, 0.5) is 17.5 Å². The summed E-state index contributed by atoms with van der Waals surface area (Å²) >= 11 is 0. The normalized spacial score (nSPS) is 13.5. The summed E-state index contributed by atoms with van der Waals surface area (Å²) in [7, 11) is 0. The molecule has 2 N–H and O–H groups in total. The van der Waals surface area contributed by atoms with E-state index in [4.69, 9.17) is 5.26 Å². The zero-order chi connectivity index (χ0) is 20.6. The SMILES string of the molecule is CCNC(=O)c1ccc(Nc2nccc(N3CCN(C(=O)CC#N)CC3)n2)cc1. The van der Waals surface area contributed by atoms with Crippen molar-refractivity contribution in [2.24, 2.45) is 0 Å². The Bertz CT molecular complexity index is 900. The highest BCUT2D eigenvalue weighted by Gasteiger charge is 2.21. The van der Waals surface area contributed by atoms with Crippen LogP contribution in [-0.4, -0.2) is 59.4 Å². The number of rotatable bonds is 6. The number of anilines is 3. The highest BCUT2D eigenvalue weighted by Crippen LogP contribution is 2.18. The molecule has 0 saturated carbocycles. The van der Waals surface area contributed by atoms with Gasteiger partial charge in [0, 0.05) is 50.2 Å². The van der Waals surface area contributed by atoms with E-state index in [0.29, 0.717) is 44.2 Å². The third kappa shape index (κ3) is 5.19. The molecule has 150 valence electrons. The Hall–Kier alpha value is -3.67. The van der Waals surface area contributed by atoms with Crippen molar-refractivity contribution in [1.29, 1.82) is 5.26 Å². The van der Waals surface area contributed by atoms with Crippen LogP contribution in [0.15, 0.2) is 36.5 Å². The number of nitrogens with zero attached hydrogens (tertiary/aromatic N) is 5. The summed E-state index contributed by atoms with van der Waals surface area (Å²) in [6, 6.07) is 10.8. The molecule has 2 amide bonds. The van der Waals surface area contributed by atoms with Crippen molar-refractivity contribution < 1.29 is 9.59 Å². The van der Waals surface area contributed by atoms with Crippen molar-refractivity contribution in [1.82, 2.24) is 20.2 Å². The summed E-state index contributed by atoms with van der Waals surface area (Å²) in [5.41, 5.74) is 1.37. The minimum atomic E-state index is -0.131. The molecule has 2 heterocycles. The largest absolute Gasteiger partial charge is 0.353 e. The molecule has 1 aromatic heterocycles. The van der Waals surface area contributed by atoms with Gasteiger partial charge in [-0.25, -0.2) is 4.98 Å². The molecule has 1 saturated heterocycles. The fourth-order valence-corrected chi connectivity index (χ4v) is 3.05. The van der Waals surface area contributed by atoms with E-state index in [1.54, 1.807) is 35.4 Å². The molecule has 0 spiro atoms. The zero-order valence-electron chi connectivity index (χ0n) is 16.3. The summed E-state index contributed by atoms with van der Waals surface area (Å²) < 4.78 is 0. The first-order valence-electron chi connectivity index (χ1n) is 9.48. The van der Waals surface area contributed by atoms with Crippen molar-refractivity contribution in [2.75, 3.05) is 42.9 Å². The van der Waals surface area contributed by atoms with Crippen LogP contribution < -0.4 is 15.5 Å². The Morgan fingerprint density at radius 3 is 2.52 bits per heavy atom. The monoisotopic (exact) mass is 393 g/mol. The highest BCUT2D eigenvalue weighted by atomic mass is 16.2. The first kappa shape index (κ1) is 20.1. The van der Waals surface area contributed by atoms with E-state index < -0.39 is 0 Å². The molecule has 0 radical (unpaired) electrons. The van der Waals surface area contributed by atoms with Crippen LogP contribution in [-0.2, 0) is 4.79 Å². The number of nitrogens with one attached hydrogen (secondary N) is 2. The van der Waals surface area contributed by atoms with Gasteiger partial charge in [-0.2, -0.15) is 10.2 Å². The van der Waals surface area contributed by atoms with Gasteiger partial charge in [-0.3, -0.25) is 9.59 Å². The Labute approximate surface area is 169 Å². The van der Waals surface area contributed by atoms with Gasteiger partial charge in [0.05, 0.1) is 6.07 Å². The van der Waals surface area contributed by atoms with Gasteiger partial charge in [0.15, 0.2) is 0 Å². The molecule has 1 aliphatic heterocycles. The summed E-state index contributed by atoms with van der Waals surface area (Å²) in [5, 5.41) is 14.6. The third-order valence-electron chi connectivity index (χ3n) is 4.57. The van der Waals surface area contributed by atoms with E-state index in [1.807, 2.05) is 19.1 Å². The third-order valence-corrected chi connectivity index (χ3v) is 4.57. The lowest BCUT2D eigenvalue weighted by molar-refractivity contribution is -0.130. The number of aromatic nitrogens is 2. The van der Waals surface area contributed by atoms with Crippen molar-refractivity contribution >= 4 is 29.3 Å². The Morgan fingerprint density at radius 2 is 1.86 bits per heavy atom. The number of nitriles is 1. The predicted octanol–water partition coefficient (Wildman–Crippen LogP) is 1.53. The molecule has 0 aliphatic carbocycles. The van der Waals surface area contributed by atoms with Gasteiger partial charge in [-0.1, -0.05) is 0 Å². The van der Waals surface area contributed by atoms with Gasteiger partial charge < -0.3 is 20.4 Å². The number of hydrogen-bond donors (Lipinski definition) is 2. The molecule has 0 unspecified atom stereocenters. The number of amides is 2. The average molecular weight is 393 g/mol. The van der Waals surface area contributed by atoms with Crippen LogP contribution in [0.2, 0.25) is 0 Å². The van der Waals surface area contributed by atoms with Crippen molar-refractivity contribution in [3.8, 4) is 6.07 Å². The maximum absolute atomic E-state index is 11.8. The minimum absolute atomic E-state index is 0.0829. The molecule has 9 nitrogen and oxygen atoms in total. The standard InChI is InChI=1S/C20H23N7O2/c1-2-22-19(29)15-3-5-16(6-4-15)24-20-23-10-8-17(25-20)26-11-13-27(14-12-26)18(28)7-9-21/h3-6,8,10H,2,7,11-14H2,1H3,(H,22,29)(H,23,24,25). The summed E-state index contributed by atoms with van der Waals surface area (Å²) in [6.07, 6.45) is 1.60. The van der Waals surface area contributed by atoms with Crippen molar-refractivity contribution in [2.45, 2.75) is 13.3 Å². The maximum Gasteiger partial charge on any atom is 0.251 e. The molecule has 1 aromatic carbocycles. The minimum Gasteiger partial charge on any atom is -0.353 e. The lowest BCUT2D eigenvalue weighted by atomic mass is 10.2. The van der Waals surface area contributed by atoms with E-state index in [-0.39, 0.29) is 18.2 Å². The molecule has 29 heavy (non-hydrogen) atoms. The number of hydrogen-bond acceptors (Lipinski definition) is 7. The molecule has 0 bridgehead atoms. The van der Waals surface area contributed by atoms with Crippen LogP contribution >= 0.6 is 0 Å².